The van der Waals surface area contributed by atoms with Crippen molar-refractivity contribution >= 4 is 11.6 Å². The van der Waals surface area contributed by atoms with Gasteiger partial charge in [-0.1, -0.05) is 35.9 Å². The van der Waals surface area contributed by atoms with Crippen LogP contribution in [0.3, 0.4) is 0 Å². The maximum atomic E-state index is 11.3. The highest BCUT2D eigenvalue weighted by atomic mass is 16.5. The van der Waals surface area contributed by atoms with Crippen LogP contribution in [-0.4, -0.2) is 12.5 Å². The maximum absolute atomic E-state index is 11.3. The highest BCUT2D eigenvalue weighted by Crippen LogP contribution is 2.28. The van der Waals surface area contributed by atoms with Crippen molar-refractivity contribution in [3.8, 4) is 5.75 Å². The monoisotopic (exact) mass is 282 g/mol. The minimum atomic E-state index is -0.104. The SMILES string of the molecule is Cc1ccc(CNCc2ccc3c(c2)NC(=O)CO3)cc1. The van der Waals surface area contributed by atoms with E-state index >= 15 is 0 Å². The van der Waals surface area contributed by atoms with E-state index in [1.165, 1.54) is 11.1 Å². The van der Waals surface area contributed by atoms with Gasteiger partial charge < -0.3 is 15.4 Å². The summed E-state index contributed by atoms with van der Waals surface area (Å²) in [5, 5.41) is 6.22. The zero-order valence-electron chi connectivity index (χ0n) is 12.0. The quantitative estimate of drug-likeness (QED) is 0.906. The number of nitrogens with one attached hydrogen (secondary N) is 2. The van der Waals surface area contributed by atoms with E-state index in [1.54, 1.807) is 0 Å². The fourth-order valence-corrected chi connectivity index (χ4v) is 2.30. The number of rotatable bonds is 4. The summed E-state index contributed by atoms with van der Waals surface area (Å²) in [6, 6.07) is 14.3. The van der Waals surface area contributed by atoms with E-state index in [9.17, 15) is 4.79 Å². The molecule has 0 saturated carbocycles. The first-order valence-corrected chi connectivity index (χ1v) is 7.02. The smallest absolute Gasteiger partial charge is 0.262 e. The van der Waals surface area contributed by atoms with E-state index in [2.05, 4.69) is 41.8 Å². The molecule has 108 valence electrons. The van der Waals surface area contributed by atoms with Crippen molar-refractivity contribution in [2.45, 2.75) is 20.0 Å². The molecule has 0 bridgehead atoms. The Bertz CT molecular complexity index is 650. The standard InChI is InChI=1S/C17H18N2O2/c1-12-2-4-13(5-3-12)9-18-10-14-6-7-16-15(8-14)19-17(20)11-21-16/h2-8,18H,9-11H2,1H3,(H,19,20). The van der Waals surface area contributed by atoms with Gasteiger partial charge >= 0.3 is 0 Å². The molecule has 2 aromatic rings. The van der Waals surface area contributed by atoms with Crippen LogP contribution in [0, 0.1) is 6.92 Å². The van der Waals surface area contributed by atoms with Crippen LogP contribution < -0.4 is 15.4 Å². The first kappa shape index (κ1) is 13.6. The number of fused-ring (bicyclic) bond motifs is 1. The fraction of sp³-hybridized carbons (Fsp3) is 0.235. The Morgan fingerprint density at radius 2 is 1.81 bits per heavy atom. The van der Waals surface area contributed by atoms with Crippen LogP contribution in [-0.2, 0) is 17.9 Å². The molecule has 0 spiro atoms. The fourth-order valence-electron chi connectivity index (χ4n) is 2.30. The number of hydrogen-bond donors (Lipinski definition) is 2. The number of carbonyl (C=O) groups excluding carboxylic acids is 1. The summed E-state index contributed by atoms with van der Waals surface area (Å²) in [6.07, 6.45) is 0. The zero-order valence-corrected chi connectivity index (χ0v) is 12.0. The van der Waals surface area contributed by atoms with E-state index in [1.807, 2.05) is 18.2 Å². The summed E-state index contributed by atoms with van der Waals surface area (Å²) < 4.78 is 5.34. The van der Waals surface area contributed by atoms with Crippen molar-refractivity contribution in [1.29, 1.82) is 0 Å². The van der Waals surface area contributed by atoms with Crippen molar-refractivity contribution in [2.75, 3.05) is 11.9 Å². The van der Waals surface area contributed by atoms with Crippen LogP contribution in [0.1, 0.15) is 16.7 Å². The van der Waals surface area contributed by atoms with Gasteiger partial charge in [-0.3, -0.25) is 4.79 Å². The van der Waals surface area contributed by atoms with Gasteiger partial charge in [0.05, 0.1) is 5.69 Å². The van der Waals surface area contributed by atoms with Crippen molar-refractivity contribution in [1.82, 2.24) is 5.32 Å². The van der Waals surface area contributed by atoms with E-state index in [4.69, 9.17) is 4.74 Å². The molecule has 1 aliphatic heterocycles. The highest BCUT2D eigenvalue weighted by Gasteiger charge is 2.15. The summed E-state index contributed by atoms with van der Waals surface area (Å²) in [5.74, 6) is 0.629. The normalized spacial score (nSPS) is 13.3. The first-order valence-electron chi connectivity index (χ1n) is 7.02. The molecular formula is C17H18N2O2. The number of carbonyl (C=O) groups is 1. The molecule has 0 fully saturated rings. The van der Waals surface area contributed by atoms with Crippen molar-refractivity contribution in [2.24, 2.45) is 0 Å². The summed E-state index contributed by atoms with van der Waals surface area (Å²) in [7, 11) is 0. The van der Waals surface area contributed by atoms with Gasteiger partial charge in [0.25, 0.3) is 5.91 Å². The lowest BCUT2D eigenvalue weighted by Crippen LogP contribution is -2.25. The predicted octanol–water partition coefficient (Wildman–Crippen LogP) is 2.62. The third kappa shape index (κ3) is 3.41. The van der Waals surface area contributed by atoms with Crippen LogP contribution in [0.2, 0.25) is 0 Å². The Kier molecular flexibility index (Phi) is 3.88. The van der Waals surface area contributed by atoms with Gasteiger partial charge in [-0.05, 0) is 30.2 Å². The topological polar surface area (TPSA) is 50.4 Å². The molecule has 0 saturated heterocycles. The number of ether oxygens (including phenoxy) is 1. The second kappa shape index (κ2) is 5.97. The van der Waals surface area contributed by atoms with Crippen LogP contribution in [0.15, 0.2) is 42.5 Å². The lowest BCUT2D eigenvalue weighted by Gasteiger charge is -2.18. The minimum Gasteiger partial charge on any atom is -0.482 e. The van der Waals surface area contributed by atoms with E-state index < -0.39 is 0 Å². The molecule has 0 radical (unpaired) electrons. The molecule has 3 rings (SSSR count). The lowest BCUT2D eigenvalue weighted by molar-refractivity contribution is -0.118. The first-order chi connectivity index (χ1) is 10.2. The largest absolute Gasteiger partial charge is 0.482 e. The van der Waals surface area contributed by atoms with Gasteiger partial charge in [-0.2, -0.15) is 0 Å². The van der Waals surface area contributed by atoms with Gasteiger partial charge in [0.1, 0.15) is 5.75 Å². The molecule has 1 heterocycles. The minimum absolute atomic E-state index is 0.0953. The summed E-state index contributed by atoms with van der Waals surface area (Å²) in [5.41, 5.74) is 4.40. The van der Waals surface area contributed by atoms with Crippen molar-refractivity contribution < 1.29 is 9.53 Å². The average molecular weight is 282 g/mol. The van der Waals surface area contributed by atoms with Crippen molar-refractivity contribution in [3.05, 3.63) is 59.2 Å². The van der Waals surface area contributed by atoms with E-state index in [0.717, 1.165) is 30.1 Å². The Balaban J connectivity index is 1.59. The van der Waals surface area contributed by atoms with Gasteiger partial charge in [0.15, 0.2) is 6.61 Å². The average Bonchev–Trinajstić information content (AvgIpc) is 2.49. The summed E-state index contributed by atoms with van der Waals surface area (Å²) in [4.78, 5) is 11.3. The number of benzene rings is 2. The molecule has 21 heavy (non-hydrogen) atoms. The van der Waals surface area contributed by atoms with Crippen molar-refractivity contribution in [3.63, 3.8) is 0 Å². The predicted molar refractivity (Wildman–Crippen MR) is 82.3 cm³/mol. The van der Waals surface area contributed by atoms with Gasteiger partial charge in [-0.25, -0.2) is 0 Å². The maximum Gasteiger partial charge on any atom is 0.262 e. The number of amides is 1. The molecule has 2 N–H and O–H groups in total. The Morgan fingerprint density at radius 1 is 1.10 bits per heavy atom. The number of aryl methyl sites for hydroxylation is 1. The van der Waals surface area contributed by atoms with E-state index in [-0.39, 0.29) is 12.5 Å². The zero-order chi connectivity index (χ0) is 14.7. The molecule has 0 unspecified atom stereocenters. The number of hydrogen-bond acceptors (Lipinski definition) is 3. The van der Waals surface area contributed by atoms with Gasteiger partial charge in [0, 0.05) is 13.1 Å². The number of anilines is 1. The van der Waals surface area contributed by atoms with Crippen LogP contribution in [0.5, 0.6) is 5.75 Å². The molecule has 0 aromatic heterocycles. The second-order valence-corrected chi connectivity index (χ2v) is 5.26. The lowest BCUT2D eigenvalue weighted by atomic mass is 10.1. The third-order valence-corrected chi connectivity index (χ3v) is 3.46. The third-order valence-electron chi connectivity index (χ3n) is 3.46. The molecule has 1 amide bonds. The molecule has 2 aromatic carbocycles. The molecule has 1 aliphatic rings. The molecule has 0 atom stereocenters. The second-order valence-electron chi connectivity index (χ2n) is 5.26. The van der Waals surface area contributed by atoms with Crippen LogP contribution >= 0.6 is 0 Å². The van der Waals surface area contributed by atoms with Crippen LogP contribution in [0.4, 0.5) is 5.69 Å². The molecular weight excluding hydrogens is 264 g/mol. The molecule has 4 heteroatoms. The molecule has 0 aliphatic carbocycles. The van der Waals surface area contributed by atoms with Gasteiger partial charge in [0.2, 0.25) is 0 Å². The Labute approximate surface area is 124 Å². The highest BCUT2D eigenvalue weighted by molar-refractivity contribution is 5.95. The van der Waals surface area contributed by atoms with Crippen LogP contribution in [0.25, 0.3) is 0 Å². The Morgan fingerprint density at radius 3 is 2.62 bits per heavy atom. The summed E-state index contributed by atoms with van der Waals surface area (Å²) >= 11 is 0. The summed E-state index contributed by atoms with van der Waals surface area (Å²) in [6.45, 7) is 3.75. The van der Waals surface area contributed by atoms with E-state index in [0.29, 0.717) is 0 Å². The molecule has 4 nitrogen and oxygen atoms in total. The Hall–Kier alpha value is -2.33. The van der Waals surface area contributed by atoms with Gasteiger partial charge in [-0.15, -0.1) is 0 Å².